The van der Waals surface area contributed by atoms with E-state index in [2.05, 4.69) is 4.98 Å². The van der Waals surface area contributed by atoms with Gasteiger partial charge in [-0.05, 0) is 31.2 Å². The van der Waals surface area contributed by atoms with E-state index in [0.29, 0.717) is 12.4 Å². The summed E-state index contributed by atoms with van der Waals surface area (Å²) in [6, 6.07) is 17.8. The Bertz CT molecular complexity index is 763. The van der Waals surface area contributed by atoms with Crippen LogP contribution >= 0.6 is 0 Å². The molecule has 0 radical (unpaired) electrons. The van der Waals surface area contributed by atoms with Crippen molar-refractivity contribution in [2.45, 2.75) is 13.3 Å². The normalized spacial score (nSPS) is 10.7. The Morgan fingerprint density at radius 3 is 2.57 bits per heavy atom. The smallest absolute Gasteiger partial charge is 0.313 e. The van der Waals surface area contributed by atoms with Gasteiger partial charge in [-0.3, -0.25) is 9.36 Å². The molecule has 0 saturated carbocycles. The molecule has 1 aromatic heterocycles. The van der Waals surface area contributed by atoms with Crippen LogP contribution in [0.3, 0.4) is 0 Å². The van der Waals surface area contributed by atoms with E-state index >= 15 is 0 Å². The number of hydrogen-bond donors (Lipinski definition) is 0. The minimum absolute atomic E-state index is 0.164. The number of nitrogens with zero attached hydrogens (tertiary/aromatic N) is 2. The van der Waals surface area contributed by atoms with Gasteiger partial charge < -0.3 is 4.74 Å². The third kappa shape index (κ3) is 2.65. The summed E-state index contributed by atoms with van der Waals surface area (Å²) >= 11 is 0. The van der Waals surface area contributed by atoms with Crippen molar-refractivity contribution >= 4 is 17.0 Å². The molecule has 0 aliphatic heterocycles. The fourth-order valence-corrected chi connectivity index (χ4v) is 2.40. The molecule has 21 heavy (non-hydrogen) atoms. The van der Waals surface area contributed by atoms with Crippen LogP contribution in [0.4, 0.5) is 0 Å². The van der Waals surface area contributed by atoms with Crippen LogP contribution in [0.15, 0.2) is 54.6 Å². The molecule has 0 N–H and O–H groups in total. The van der Waals surface area contributed by atoms with Crippen molar-refractivity contribution in [3.63, 3.8) is 0 Å². The molecule has 0 unspecified atom stereocenters. The molecule has 0 aliphatic carbocycles. The van der Waals surface area contributed by atoms with Gasteiger partial charge in [0.2, 0.25) is 0 Å². The van der Waals surface area contributed by atoms with E-state index in [9.17, 15) is 4.79 Å². The van der Waals surface area contributed by atoms with Gasteiger partial charge >= 0.3 is 5.97 Å². The molecule has 1 heterocycles. The van der Waals surface area contributed by atoms with Crippen LogP contribution in [0.25, 0.3) is 16.7 Å². The molecule has 0 bridgehead atoms. The van der Waals surface area contributed by atoms with Crippen molar-refractivity contribution in [3.8, 4) is 5.69 Å². The average Bonchev–Trinajstić information content (AvgIpc) is 2.86. The molecule has 2 aromatic carbocycles. The van der Waals surface area contributed by atoms with Crippen molar-refractivity contribution < 1.29 is 9.53 Å². The Morgan fingerprint density at radius 2 is 1.81 bits per heavy atom. The van der Waals surface area contributed by atoms with Crippen LogP contribution in [0.2, 0.25) is 0 Å². The number of fused-ring (bicyclic) bond motifs is 1. The van der Waals surface area contributed by atoms with Gasteiger partial charge in [-0.15, -0.1) is 0 Å². The second-order valence-electron chi connectivity index (χ2n) is 4.67. The predicted molar refractivity (Wildman–Crippen MR) is 81.4 cm³/mol. The first-order chi connectivity index (χ1) is 10.3. The fourth-order valence-electron chi connectivity index (χ4n) is 2.40. The Hall–Kier alpha value is -2.62. The number of carbonyl (C=O) groups is 1. The maximum absolute atomic E-state index is 11.8. The number of benzene rings is 2. The summed E-state index contributed by atoms with van der Waals surface area (Å²) in [4.78, 5) is 16.4. The molecule has 3 aromatic rings. The van der Waals surface area contributed by atoms with Crippen LogP contribution in [0.5, 0.6) is 0 Å². The summed E-state index contributed by atoms with van der Waals surface area (Å²) in [7, 11) is 0. The third-order valence-corrected chi connectivity index (χ3v) is 3.25. The van der Waals surface area contributed by atoms with Gasteiger partial charge in [-0.1, -0.05) is 30.3 Å². The Labute approximate surface area is 123 Å². The highest BCUT2D eigenvalue weighted by Gasteiger charge is 2.15. The molecular formula is C17H16N2O2. The molecule has 3 rings (SSSR count). The Morgan fingerprint density at radius 1 is 1.10 bits per heavy atom. The monoisotopic (exact) mass is 280 g/mol. The van der Waals surface area contributed by atoms with Gasteiger partial charge in [0, 0.05) is 5.69 Å². The molecule has 0 fully saturated rings. The highest BCUT2D eigenvalue weighted by Crippen LogP contribution is 2.21. The van der Waals surface area contributed by atoms with Crippen LogP contribution in [-0.4, -0.2) is 22.1 Å². The first-order valence-corrected chi connectivity index (χ1v) is 6.97. The second kappa shape index (κ2) is 5.79. The molecular weight excluding hydrogens is 264 g/mol. The summed E-state index contributed by atoms with van der Waals surface area (Å²) in [6.45, 7) is 2.18. The van der Waals surface area contributed by atoms with E-state index < -0.39 is 0 Å². The minimum Gasteiger partial charge on any atom is -0.466 e. The lowest BCUT2D eigenvalue weighted by Gasteiger charge is -2.08. The maximum Gasteiger partial charge on any atom is 0.313 e. The van der Waals surface area contributed by atoms with E-state index in [4.69, 9.17) is 4.74 Å². The number of esters is 1. The fraction of sp³-hybridized carbons (Fsp3) is 0.176. The number of para-hydroxylation sites is 3. The van der Waals surface area contributed by atoms with Crippen molar-refractivity contribution in [1.29, 1.82) is 0 Å². The lowest BCUT2D eigenvalue weighted by Crippen LogP contribution is -2.12. The highest BCUT2D eigenvalue weighted by molar-refractivity contribution is 5.80. The van der Waals surface area contributed by atoms with Crippen molar-refractivity contribution in [2.24, 2.45) is 0 Å². The number of hydrogen-bond acceptors (Lipinski definition) is 3. The Kier molecular flexibility index (Phi) is 3.69. The summed E-state index contributed by atoms with van der Waals surface area (Å²) in [5.74, 6) is 0.436. The predicted octanol–water partition coefficient (Wildman–Crippen LogP) is 3.13. The lowest BCUT2D eigenvalue weighted by molar-refractivity contribution is -0.142. The molecule has 0 aliphatic rings. The van der Waals surface area contributed by atoms with E-state index in [1.165, 1.54) is 0 Å². The zero-order valence-electron chi connectivity index (χ0n) is 11.8. The second-order valence-corrected chi connectivity index (χ2v) is 4.67. The zero-order chi connectivity index (χ0) is 14.7. The molecule has 0 spiro atoms. The number of ether oxygens (including phenoxy) is 1. The standard InChI is InChI=1S/C17H16N2O2/c1-2-21-17(20)12-16-18-14-10-6-7-11-15(14)19(16)13-8-4-3-5-9-13/h3-11H,2,12H2,1H3. The number of aromatic nitrogens is 2. The lowest BCUT2D eigenvalue weighted by atomic mass is 10.2. The third-order valence-electron chi connectivity index (χ3n) is 3.25. The maximum atomic E-state index is 11.8. The van der Waals surface area contributed by atoms with E-state index in [-0.39, 0.29) is 12.4 Å². The van der Waals surface area contributed by atoms with Crippen LogP contribution in [0, 0.1) is 0 Å². The summed E-state index contributed by atoms with van der Waals surface area (Å²) in [5.41, 5.74) is 2.86. The van der Waals surface area contributed by atoms with Gasteiger partial charge in [0.25, 0.3) is 0 Å². The SMILES string of the molecule is CCOC(=O)Cc1nc2ccccc2n1-c1ccccc1. The quantitative estimate of drug-likeness (QED) is 0.690. The molecule has 0 amide bonds. The van der Waals surface area contributed by atoms with Crippen molar-refractivity contribution in [3.05, 3.63) is 60.4 Å². The van der Waals surface area contributed by atoms with Crippen molar-refractivity contribution in [2.75, 3.05) is 6.61 Å². The van der Waals surface area contributed by atoms with E-state index in [0.717, 1.165) is 16.7 Å². The van der Waals surface area contributed by atoms with E-state index in [1.807, 2.05) is 59.2 Å². The topological polar surface area (TPSA) is 44.1 Å². The average molecular weight is 280 g/mol. The van der Waals surface area contributed by atoms with Crippen molar-refractivity contribution in [1.82, 2.24) is 9.55 Å². The Balaban J connectivity index is 2.13. The number of imidazole rings is 1. The van der Waals surface area contributed by atoms with Gasteiger partial charge in [-0.2, -0.15) is 0 Å². The highest BCUT2D eigenvalue weighted by atomic mass is 16.5. The first-order valence-electron chi connectivity index (χ1n) is 6.97. The molecule has 4 nitrogen and oxygen atoms in total. The molecule has 0 atom stereocenters. The molecule has 4 heteroatoms. The summed E-state index contributed by atoms with van der Waals surface area (Å²) in [6.07, 6.45) is 0.164. The minimum atomic E-state index is -0.259. The zero-order valence-corrected chi connectivity index (χ0v) is 11.8. The summed E-state index contributed by atoms with van der Waals surface area (Å²) < 4.78 is 7.05. The molecule has 0 saturated heterocycles. The van der Waals surface area contributed by atoms with Crippen LogP contribution in [0.1, 0.15) is 12.7 Å². The largest absolute Gasteiger partial charge is 0.466 e. The first kappa shape index (κ1) is 13.4. The van der Waals surface area contributed by atoms with Crippen LogP contribution < -0.4 is 0 Å². The van der Waals surface area contributed by atoms with Crippen LogP contribution in [-0.2, 0) is 16.0 Å². The summed E-state index contributed by atoms with van der Waals surface area (Å²) in [5, 5.41) is 0. The van der Waals surface area contributed by atoms with Gasteiger partial charge in [0.05, 0.1) is 17.6 Å². The number of carbonyl (C=O) groups excluding carboxylic acids is 1. The van der Waals surface area contributed by atoms with Gasteiger partial charge in [0.15, 0.2) is 0 Å². The number of rotatable bonds is 4. The molecule has 106 valence electrons. The van der Waals surface area contributed by atoms with Gasteiger partial charge in [-0.25, -0.2) is 4.98 Å². The van der Waals surface area contributed by atoms with Gasteiger partial charge in [0.1, 0.15) is 12.2 Å². The van der Waals surface area contributed by atoms with E-state index in [1.54, 1.807) is 6.92 Å².